The zero-order valence-electron chi connectivity index (χ0n) is 14.6. The zero-order chi connectivity index (χ0) is 18.7. The minimum absolute atomic E-state index is 0.0472. The lowest BCUT2D eigenvalue weighted by molar-refractivity contribution is -0.142. The van der Waals surface area contributed by atoms with E-state index >= 15 is 0 Å². The normalized spacial score (nSPS) is 21.7. The van der Waals surface area contributed by atoms with Gasteiger partial charge in [-0.3, -0.25) is 9.78 Å². The number of aliphatic hydroxyl groups is 1. The molecule has 0 bridgehead atoms. The highest BCUT2D eigenvalue weighted by Crippen LogP contribution is 2.44. The summed E-state index contributed by atoms with van der Waals surface area (Å²) < 4.78 is 0. The molecule has 1 aromatic heterocycles. The summed E-state index contributed by atoms with van der Waals surface area (Å²) in [6.45, 7) is 1.90. The van der Waals surface area contributed by atoms with Gasteiger partial charge in [-0.05, 0) is 42.7 Å². The highest BCUT2D eigenvalue weighted by atomic mass is 35.5. The van der Waals surface area contributed by atoms with Gasteiger partial charge in [-0.2, -0.15) is 0 Å². The van der Waals surface area contributed by atoms with Crippen molar-refractivity contribution in [2.75, 3.05) is 6.61 Å². The molecule has 1 aliphatic heterocycles. The van der Waals surface area contributed by atoms with Gasteiger partial charge >= 0.3 is 0 Å². The van der Waals surface area contributed by atoms with E-state index in [2.05, 4.69) is 4.98 Å². The smallest absolute Gasteiger partial charge is 0.223 e. The number of hydrogen-bond acceptors (Lipinski definition) is 3. The summed E-state index contributed by atoms with van der Waals surface area (Å²) in [6.07, 6.45) is 3.43. The van der Waals surface area contributed by atoms with Crippen molar-refractivity contribution in [3.05, 3.63) is 63.9 Å². The summed E-state index contributed by atoms with van der Waals surface area (Å²) >= 11 is 12.2. The molecule has 0 aliphatic carbocycles. The molecule has 6 heteroatoms. The van der Waals surface area contributed by atoms with Gasteiger partial charge in [0.25, 0.3) is 0 Å². The summed E-state index contributed by atoms with van der Waals surface area (Å²) in [5, 5.41) is 11.1. The molecule has 0 saturated carbocycles. The second kappa shape index (κ2) is 8.38. The van der Waals surface area contributed by atoms with Crippen LogP contribution in [0.4, 0.5) is 0 Å². The summed E-state index contributed by atoms with van der Waals surface area (Å²) in [5.74, 6) is 0.103. The maximum atomic E-state index is 12.8. The summed E-state index contributed by atoms with van der Waals surface area (Å²) in [7, 11) is 0. The highest BCUT2D eigenvalue weighted by molar-refractivity contribution is 6.30. The molecule has 1 aliphatic rings. The predicted molar refractivity (Wildman–Crippen MR) is 103 cm³/mol. The molecule has 1 unspecified atom stereocenters. The van der Waals surface area contributed by atoms with Crippen LogP contribution in [-0.4, -0.2) is 33.5 Å². The van der Waals surface area contributed by atoms with E-state index in [-0.39, 0.29) is 30.5 Å². The van der Waals surface area contributed by atoms with Gasteiger partial charge in [0.15, 0.2) is 0 Å². The molecule has 1 saturated heterocycles. The van der Waals surface area contributed by atoms with Crippen molar-refractivity contribution in [1.29, 1.82) is 0 Å². The molecule has 138 valence electrons. The van der Waals surface area contributed by atoms with E-state index in [1.54, 1.807) is 12.3 Å². The first-order valence-electron chi connectivity index (χ1n) is 8.84. The van der Waals surface area contributed by atoms with E-state index in [4.69, 9.17) is 23.2 Å². The lowest BCUT2D eigenvalue weighted by Gasteiger charge is -2.44. The number of benzene rings is 1. The van der Waals surface area contributed by atoms with Gasteiger partial charge in [0.05, 0.1) is 29.4 Å². The summed E-state index contributed by atoms with van der Waals surface area (Å²) in [5.41, 5.74) is 1.85. The van der Waals surface area contributed by atoms with Crippen LogP contribution in [0.25, 0.3) is 0 Å². The first kappa shape index (κ1) is 19.2. The van der Waals surface area contributed by atoms with Crippen molar-refractivity contribution >= 4 is 29.1 Å². The first-order chi connectivity index (χ1) is 12.5. The van der Waals surface area contributed by atoms with E-state index in [9.17, 15) is 9.90 Å². The van der Waals surface area contributed by atoms with Gasteiger partial charge < -0.3 is 10.0 Å². The third-order valence-corrected chi connectivity index (χ3v) is 5.50. The fourth-order valence-corrected chi connectivity index (χ4v) is 4.07. The van der Waals surface area contributed by atoms with Gasteiger partial charge in [0.1, 0.15) is 0 Å². The Balaban J connectivity index is 2.09. The number of carbonyl (C=O) groups excluding carboxylic acids is 1. The fourth-order valence-electron chi connectivity index (χ4n) is 3.76. The number of pyridine rings is 1. The number of carbonyl (C=O) groups is 1. The van der Waals surface area contributed by atoms with Crippen molar-refractivity contribution < 1.29 is 9.90 Å². The van der Waals surface area contributed by atoms with Crippen molar-refractivity contribution in [2.24, 2.45) is 0 Å². The van der Waals surface area contributed by atoms with Gasteiger partial charge in [-0.25, -0.2) is 0 Å². The highest BCUT2D eigenvalue weighted by Gasteiger charge is 2.41. The van der Waals surface area contributed by atoms with Crippen LogP contribution in [0.2, 0.25) is 10.0 Å². The Morgan fingerprint density at radius 2 is 2.08 bits per heavy atom. The Labute approximate surface area is 163 Å². The fraction of sp³-hybridized carbons (Fsp3) is 0.400. The quantitative estimate of drug-likeness (QED) is 0.808. The van der Waals surface area contributed by atoms with Crippen molar-refractivity contribution in [3.63, 3.8) is 0 Å². The first-order valence-corrected chi connectivity index (χ1v) is 9.59. The Morgan fingerprint density at radius 1 is 1.27 bits per heavy atom. The van der Waals surface area contributed by atoms with Gasteiger partial charge in [0, 0.05) is 23.6 Å². The Morgan fingerprint density at radius 3 is 2.69 bits per heavy atom. The standard InChI is InChI=1S/C20H22Cl2N2O2/c1-2-16(12-25)24-19(26)9-7-17(13-4-3-5-14(21)10-13)20(24)18-8-6-15(22)11-23-18/h3-6,8,10-11,16-17,20,25H,2,7,9,12H2,1H3/t16?,17-,20+/m1/s1. The third-order valence-electron chi connectivity index (χ3n) is 5.04. The summed E-state index contributed by atoms with van der Waals surface area (Å²) in [6, 6.07) is 10.9. The van der Waals surface area contributed by atoms with Crippen molar-refractivity contribution in [3.8, 4) is 0 Å². The molecule has 4 nitrogen and oxygen atoms in total. The maximum Gasteiger partial charge on any atom is 0.223 e. The molecule has 1 amide bonds. The van der Waals surface area contributed by atoms with Crippen LogP contribution < -0.4 is 0 Å². The Hall–Kier alpha value is -1.62. The second-order valence-corrected chi connectivity index (χ2v) is 7.46. The maximum absolute atomic E-state index is 12.8. The molecule has 3 atom stereocenters. The van der Waals surface area contributed by atoms with E-state index in [0.717, 1.165) is 11.3 Å². The number of aliphatic hydroxyl groups excluding tert-OH is 1. The SMILES string of the molecule is CCC(CO)N1C(=O)CC[C@H](c2cccc(Cl)c2)[C@H]1c1ccc(Cl)cn1. The van der Waals surface area contributed by atoms with Crippen LogP contribution >= 0.6 is 23.2 Å². The van der Waals surface area contributed by atoms with Crippen LogP contribution in [0.3, 0.4) is 0 Å². The minimum Gasteiger partial charge on any atom is -0.394 e. The average molecular weight is 393 g/mol. The lowest BCUT2D eigenvalue weighted by Crippen LogP contribution is -2.49. The largest absolute Gasteiger partial charge is 0.394 e. The number of rotatable bonds is 5. The topological polar surface area (TPSA) is 53.4 Å². The average Bonchev–Trinajstić information content (AvgIpc) is 2.64. The van der Waals surface area contributed by atoms with Crippen molar-refractivity contribution in [1.82, 2.24) is 9.88 Å². The van der Waals surface area contributed by atoms with E-state index < -0.39 is 0 Å². The number of likely N-dealkylation sites (tertiary alicyclic amines) is 1. The minimum atomic E-state index is -0.260. The third kappa shape index (κ3) is 3.88. The molecule has 1 N–H and O–H groups in total. The number of piperidine rings is 1. The molecule has 1 aromatic carbocycles. The van der Waals surface area contributed by atoms with Gasteiger partial charge in [0.2, 0.25) is 5.91 Å². The zero-order valence-corrected chi connectivity index (χ0v) is 16.1. The lowest BCUT2D eigenvalue weighted by atomic mass is 9.80. The van der Waals surface area contributed by atoms with Gasteiger partial charge in [-0.15, -0.1) is 0 Å². The Bertz CT molecular complexity index is 763. The number of nitrogens with zero attached hydrogens (tertiary/aromatic N) is 2. The van der Waals surface area contributed by atoms with E-state index in [1.807, 2.05) is 42.2 Å². The summed E-state index contributed by atoms with van der Waals surface area (Å²) in [4.78, 5) is 19.1. The molecule has 2 aromatic rings. The molecule has 0 radical (unpaired) electrons. The molecule has 26 heavy (non-hydrogen) atoms. The Kier molecular flexibility index (Phi) is 6.17. The molecule has 3 rings (SSSR count). The second-order valence-electron chi connectivity index (χ2n) is 6.59. The van der Waals surface area contributed by atoms with Crippen LogP contribution in [0.1, 0.15) is 49.4 Å². The van der Waals surface area contributed by atoms with Crippen LogP contribution in [0.5, 0.6) is 0 Å². The molecular weight excluding hydrogens is 371 g/mol. The van der Waals surface area contributed by atoms with Crippen LogP contribution in [0, 0.1) is 0 Å². The van der Waals surface area contributed by atoms with Gasteiger partial charge in [-0.1, -0.05) is 42.3 Å². The van der Waals surface area contributed by atoms with Crippen molar-refractivity contribution in [2.45, 2.75) is 44.2 Å². The molecule has 2 heterocycles. The predicted octanol–water partition coefficient (Wildman–Crippen LogP) is 4.61. The van der Waals surface area contributed by atoms with E-state index in [1.165, 1.54) is 0 Å². The van der Waals surface area contributed by atoms with Crippen LogP contribution in [0.15, 0.2) is 42.6 Å². The molecule has 1 fully saturated rings. The molecular formula is C20H22Cl2N2O2. The molecule has 0 spiro atoms. The number of amides is 1. The number of hydrogen-bond donors (Lipinski definition) is 1. The van der Waals surface area contributed by atoms with E-state index in [0.29, 0.717) is 29.3 Å². The monoisotopic (exact) mass is 392 g/mol. The number of aromatic nitrogens is 1. The number of halogens is 2. The van der Waals surface area contributed by atoms with Crippen LogP contribution in [-0.2, 0) is 4.79 Å².